The highest BCUT2D eigenvalue weighted by atomic mass is 35.5. The summed E-state index contributed by atoms with van der Waals surface area (Å²) in [4.78, 5) is 19.3. The van der Waals surface area contributed by atoms with Crippen LogP contribution in [0.5, 0.6) is 0 Å². The smallest absolute Gasteiger partial charge is 0.370 e. The maximum atomic E-state index is 13.6. The molecule has 134 valence electrons. The minimum absolute atomic E-state index is 0.221. The van der Waals surface area contributed by atoms with Gasteiger partial charge in [0.15, 0.2) is 5.96 Å². The Balaban J connectivity index is 2.28. The molecule has 2 aromatic carbocycles. The van der Waals surface area contributed by atoms with Crippen molar-refractivity contribution < 1.29 is 18.0 Å². The summed E-state index contributed by atoms with van der Waals surface area (Å²) >= 11 is 6.03. The average molecular weight is 382 g/mol. The van der Waals surface area contributed by atoms with Gasteiger partial charge in [0, 0.05) is 0 Å². The lowest BCUT2D eigenvalue weighted by Crippen LogP contribution is -2.24. The number of nitrogens with zero attached hydrogens (tertiary/aromatic N) is 3. The first-order valence-corrected chi connectivity index (χ1v) is 7.53. The number of aromatic nitrogens is 2. The number of rotatable bonds is 2. The minimum Gasteiger partial charge on any atom is -0.370 e. The SMILES string of the molecule is NC(N)=NC(=O)c1cc(C(F)(F)F)c(-n2cnc3ccccc32)cc1Cl. The van der Waals surface area contributed by atoms with Crippen LogP contribution in [0, 0.1) is 0 Å². The summed E-state index contributed by atoms with van der Waals surface area (Å²) in [5.74, 6) is -1.65. The fourth-order valence-corrected chi connectivity index (χ4v) is 2.72. The molecule has 1 aromatic heterocycles. The predicted octanol–water partition coefficient (Wildman–Crippen LogP) is 3.11. The number of halogens is 4. The first-order chi connectivity index (χ1) is 12.2. The molecule has 0 bridgehead atoms. The van der Waals surface area contributed by atoms with Crippen molar-refractivity contribution in [1.82, 2.24) is 9.55 Å². The molecule has 1 amide bonds. The molecule has 0 fully saturated rings. The van der Waals surface area contributed by atoms with E-state index in [1.54, 1.807) is 24.3 Å². The van der Waals surface area contributed by atoms with E-state index in [0.29, 0.717) is 17.1 Å². The number of benzene rings is 2. The molecule has 0 atom stereocenters. The number of carbonyl (C=O) groups excluding carboxylic acids is 1. The standard InChI is InChI=1S/C16H11ClF3N5O/c17-10-6-13(25-7-23-11-3-1-2-4-12(11)25)9(16(18,19)20)5-8(10)14(26)24-15(21)22/h1-7H,(H4,21,22,24,26). The largest absolute Gasteiger partial charge is 0.418 e. The van der Waals surface area contributed by atoms with Gasteiger partial charge in [0.25, 0.3) is 5.91 Å². The Morgan fingerprint density at radius 3 is 2.54 bits per heavy atom. The lowest BCUT2D eigenvalue weighted by molar-refractivity contribution is -0.137. The molecule has 6 nitrogen and oxygen atoms in total. The third kappa shape index (κ3) is 3.21. The van der Waals surface area contributed by atoms with Gasteiger partial charge >= 0.3 is 6.18 Å². The molecule has 0 saturated carbocycles. The number of guanidine groups is 1. The van der Waals surface area contributed by atoms with Gasteiger partial charge in [-0.1, -0.05) is 23.7 Å². The number of nitrogens with two attached hydrogens (primary N) is 2. The van der Waals surface area contributed by atoms with E-state index in [0.717, 1.165) is 6.07 Å². The Kier molecular flexibility index (Phi) is 4.33. The number of alkyl halides is 3. The van der Waals surface area contributed by atoms with Crippen molar-refractivity contribution in [3.8, 4) is 5.69 Å². The van der Waals surface area contributed by atoms with Gasteiger partial charge in [-0.3, -0.25) is 9.36 Å². The molecule has 1 heterocycles. The van der Waals surface area contributed by atoms with E-state index in [2.05, 4.69) is 9.98 Å². The molecule has 10 heteroatoms. The number of fused-ring (bicyclic) bond motifs is 1. The summed E-state index contributed by atoms with van der Waals surface area (Å²) in [6, 6.07) is 8.34. The molecule has 0 aliphatic rings. The summed E-state index contributed by atoms with van der Waals surface area (Å²) < 4.78 is 42.1. The molecule has 3 rings (SSSR count). The van der Waals surface area contributed by atoms with Crippen LogP contribution in [0.3, 0.4) is 0 Å². The summed E-state index contributed by atoms with van der Waals surface area (Å²) in [5.41, 5.74) is 9.38. The zero-order valence-corrected chi connectivity index (χ0v) is 13.7. The van der Waals surface area contributed by atoms with Crippen LogP contribution in [0.2, 0.25) is 5.02 Å². The highest BCUT2D eigenvalue weighted by molar-refractivity contribution is 6.34. The maximum Gasteiger partial charge on any atom is 0.418 e. The van der Waals surface area contributed by atoms with Crippen LogP contribution >= 0.6 is 11.6 Å². The van der Waals surface area contributed by atoms with Crippen molar-refractivity contribution in [3.63, 3.8) is 0 Å². The first kappa shape index (κ1) is 17.7. The van der Waals surface area contributed by atoms with Crippen LogP contribution in [-0.2, 0) is 6.18 Å². The number of carbonyl (C=O) groups is 1. The predicted molar refractivity (Wildman–Crippen MR) is 91.2 cm³/mol. The van der Waals surface area contributed by atoms with Gasteiger partial charge in [0.05, 0.1) is 32.9 Å². The molecule has 0 saturated heterocycles. The van der Waals surface area contributed by atoms with Crippen molar-refractivity contribution in [2.24, 2.45) is 16.5 Å². The zero-order valence-electron chi connectivity index (χ0n) is 13.0. The van der Waals surface area contributed by atoms with Gasteiger partial charge in [-0.25, -0.2) is 4.98 Å². The zero-order chi connectivity index (χ0) is 19.1. The summed E-state index contributed by atoms with van der Waals surface area (Å²) in [6.45, 7) is 0. The number of para-hydroxylation sites is 2. The Labute approximate surface area is 149 Å². The molecule has 3 aromatic rings. The Hall–Kier alpha value is -3.07. The Morgan fingerprint density at radius 2 is 1.88 bits per heavy atom. The third-order valence-corrected chi connectivity index (χ3v) is 3.88. The van der Waals surface area contributed by atoms with Crippen LogP contribution in [0.4, 0.5) is 13.2 Å². The van der Waals surface area contributed by atoms with Gasteiger partial charge in [0.1, 0.15) is 6.33 Å². The van der Waals surface area contributed by atoms with Crippen molar-refractivity contribution in [3.05, 3.63) is 58.9 Å². The van der Waals surface area contributed by atoms with E-state index < -0.39 is 29.2 Å². The van der Waals surface area contributed by atoms with Gasteiger partial charge in [0.2, 0.25) is 0 Å². The van der Waals surface area contributed by atoms with Gasteiger partial charge < -0.3 is 11.5 Å². The second-order valence-electron chi connectivity index (χ2n) is 5.29. The van der Waals surface area contributed by atoms with Crippen molar-refractivity contribution in [2.75, 3.05) is 0 Å². The van der Waals surface area contributed by atoms with Crippen molar-refractivity contribution in [1.29, 1.82) is 0 Å². The molecular weight excluding hydrogens is 371 g/mol. The fraction of sp³-hybridized carbons (Fsp3) is 0.0625. The topological polar surface area (TPSA) is 99.3 Å². The quantitative estimate of drug-likeness (QED) is 0.526. The lowest BCUT2D eigenvalue weighted by Gasteiger charge is -2.16. The van der Waals surface area contributed by atoms with Crippen LogP contribution in [0.25, 0.3) is 16.7 Å². The van der Waals surface area contributed by atoms with Crippen LogP contribution in [-0.4, -0.2) is 21.4 Å². The lowest BCUT2D eigenvalue weighted by atomic mass is 10.1. The monoisotopic (exact) mass is 381 g/mol. The van der Waals surface area contributed by atoms with Crippen molar-refractivity contribution >= 4 is 34.5 Å². The van der Waals surface area contributed by atoms with Crippen LogP contribution in [0.1, 0.15) is 15.9 Å². The highest BCUT2D eigenvalue weighted by Crippen LogP contribution is 2.38. The fourth-order valence-electron chi connectivity index (χ4n) is 2.48. The second kappa shape index (κ2) is 6.34. The van der Waals surface area contributed by atoms with Crippen LogP contribution < -0.4 is 11.5 Å². The van der Waals surface area contributed by atoms with Gasteiger partial charge in [-0.05, 0) is 24.3 Å². The van der Waals surface area contributed by atoms with E-state index in [1.807, 2.05) is 0 Å². The molecule has 0 spiro atoms. The molecule has 26 heavy (non-hydrogen) atoms. The molecule has 0 aliphatic heterocycles. The van der Waals surface area contributed by atoms with E-state index in [-0.39, 0.29) is 10.7 Å². The Bertz CT molecular complexity index is 1040. The van der Waals surface area contributed by atoms with Crippen LogP contribution in [0.15, 0.2) is 47.7 Å². The number of hydrogen-bond acceptors (Lipinski definition) is 2. The van der Waals surface area contributed by atoms with Crippen molar-refractivity contribution in [2.45, 2.75) is 6.18 Å². The summed E-state index contributed by atoms with van der Waals surface area (Å²) in [5, 5.41) is -0.221. The number of imidazole rings is 1. The molecule has 0 radical (unpaired) electrons. The van der Waals surface area contributed by atoms with E-state index in [1.165, 1.54) is 10.9 Å². The molecule has 0 unspecified atom stereocenters. The maximum absolute atomic E-state index is 13.6. The third-order valence-electron chi connectivity index (χ3n) is 3.56. The first-order valence-electron chi connectivity index (χ1n) is 7.15. The summed E-state index contributed by atoms with van der Waals surface area (Å²) in [6.07, 6.45) is -3.50. The molecular formula is C16H11ClF3N5O. The highest BCUT2D eigenvalue weighted by Gasteiger charge is 2.36. The number of aliphatic imine (C=N–C) groups is 1. The normalized spacial score (nSPS) is 11.5. The molecule has 4 N–H and O–H groups in total. The number of amides is 1. The van der Waals surface area contributed by atoms with Gasteiger partial charge in [-0.15, -0.1) is 0 Å². The average Bonchev–Trinajstić information content (AvgIpc) is 2.96. The molecule has 0 aliphatic carbocycles. The van der Waals surface area contributed by atoms with E-state index >= 15 is 0 Å². The van der Waals surface area contributed by atoms with E-state index in [4.69, 9.17) is 23.1 Å². The Morgan fingerprint density at radius 1 is 1.19 bits per heavy atom. The minimum atomic E-state index is -4.75. The van der Waals surface area contributed by atoms with Gasteiger partial charge in [-0.2, -0.15) is 18.2 Å². The number of hydrogen-bond donors (Lipinski definition) is 2. The second-order valence-corrected chi connectivity index (χ2v) is 5.70. The van der Waals surface area contributed by atoms with E-state index in [9.17, 15) is 18.0 Å². The summed E-state index contributed by atoms with van der Waals surface area (Å²) in [7, 11) is 0.